The molecule has 2 saturated heterocycles. The molecule has 40 heavy (non-hydrogen) atoms. The number of carbonyl (C=O) groups excluding carboxylic acids is 2. The number of guanidine groups is 1. The molecule has 4 rings (SSSR count). The number of nitrogens with one attached hydrogen (secondary N) is 3. The van der Waals surface area contributed by atoms with Gasteiger partial charge in [0, 0.05) is 24.8 Å². The van der Waals surface area contributed by atoms with Crippen molar-refractivity contribution in [1.29, 1.82) is 0 Å². The number of amides is 2. The van der Waals surface area contributed by atoms with E-state index >= 15 is 4.39 Å². The fourth-order valence-electron chi connectivity index (χ4n) is 4.97. The summed E-state index contributed by atoms with van der Waals surface area (Å²) in [7, 11) is -1.45. The molecular formula is C26H33FN6O6S. The molecule has 0 radical (unpaired) electrons. The van der Waals surface area contributed by atoms with Crippen molar-refractivity contribution in [1.82, 2.24) is 19.9 Å². The highest BCUT2D eigenvalue weighted by molar-refractivity contribution is 7.91. The first-order chi connectivity index (χ1) is 18.6. The van der Waals surface area contributed by atoms with Crippen LogP contribution in [0.1, 0.15) is 50.2 Å². The molecule has 2 aliphatic heterocycles. The molecule has 0 saturated carbocycles. The zero-order valence-electron chi connectivity index (χ0n) is 23.2. The van der Waals surface area contributed by atoms with Gasteiger partial charge in [-0.25, -0.2) is 26.9 Å². The van der Waals surface area contributed by atoms with Gasteiger partial charge < -0.3 is 25.4 Å². The van der Waals surface area contributed by atoms with E-state index in [2.05, 4.69) is 25.9 Å². The van der Waals surface area contributed by atoms with Crippen molar-refractivity contribution in [2.45, 2.75) is 50.0 Å². The highest BCUT2D eigenvalue weighted by atomic mass is 32.2. The molecule has 14 heteroatoms. The second-order valence-corrected chi connectivity index (χ2v) is 13.1. The van der Waals surface area contributed by atoms with Crippen LogP contribution < -0.4 is 20.7 Å². The molecule has 3 N–H and O–H groups in total. The van der Waals surface area contributed by atoms with Crippen molar-refractivity contribution in [2.24, 2.45) is 4.99 Å². The number of hydrogen-bond donors (Lipinski definition) is 3. The second kappa shape index (κ2) is 10.3. The van der Waals surface area contributed by atoms with E-state index in [-0.39, 0.29) is 35.9 Å². The number of pyridine rings is 1. The minimum Gasteiger partial charge on any atom is -0.495 e. The number of aromatic nitrogens is 1. The number of carbonyl (C=O) groups is 2. The Morgan fingerprint density at radius 2 is 1.95 bits per heavy atom. The van der Waals surface area contributed by atoms with Gasteiger partial charge in [-0.15, -0.1) is 4.99 Å². The summed E-state index contributed by atoms with van der Waals surface area (Å²) >= 11 is 0. The summed E-state index contributed by atoms with van der Waals surface area (Å²) in [5.41, 5.74) is -2.22. The smallest absolute Gasteiger partial charge is 0.437 e. The molecule has 1 spiro atoms. The predicted molar refractivity (Wildman–Crippen MR) is 146 cm³/mol. The third-order valence-corrected chi connectivity index (χ3v) is 9.74. The van der Waals surface area contributed by atoms with E-state index in [0.717, 1.165) is 10.4 Å². The molecule has 0 bridgehead atoms. The first kappa shape index (κ1) is 29.2. The minimum atomic E-state index is -4.20. The van der Waals surface area contributed by atoms with Crippen LogP contribution in [0.5, 0.6) is 5.75 Å². The van der Waals surface area contributed by atoms with Gasteiger partial charge >= 0.3 is 6.09 Å². The number of sulfonamides is 1. The Balaban J connectivity index is 1.78. The fourth-order valence-corrected chi connectivity index (χ4v) is 7.12. The number of aliphatic imine (C=N–C) groups is 1. The van der Waals surface area contributed by atoms with Gasteiger partial charge in [-0.3, -0.25) is 4.79 Å². The molecule has 2 aliphatic rings. The van der Waals surface area contributed by atoms with Crippen LogP contribution in [0.25, 0.3) is 0 Å². The monoisotopic (exact) mass is 576 g/mol. The van der Waals surface area contributed by atoms with Crippen molar-refractivity contribution in [3.8, 4) is 5.75 Å². The van der Waals surface area contributed by atoms with Gasteiger partial charge in [0.25, 0.3) is 5.91 Å². The second-order valence-electron chi connectivity index (χ2n) is 10.8. The van der Waals surface area contributed by atoms with Crippen LogP contribution in [0.4, 0.5) is 14.9 Å². The van der Waals surface area contributed by atoms with Crippen molar-refractivity contribution >= 4 is 33.7 Å². The van der Waals surface area contributed by atoms with Gasteiger partial charge in [-0.2, -0.15) is 0 Å². The first-order valence-electron chi connectivity index (χ1n) is 12.5. The Labute approximate surface area is 232 Å². The lowest BCUT2D eigenvalue weighted by atomic mass is 9.77. The maximum Gasteiger partial charge on any atom is 0.437 e. The highest BCUT2D eigenvalue weighted by Gasteiger charge is 2.65. The first-order valence-corrected chi connectivity index (χ1v) is 14.0. The van der Waals surface area contributed by atoms with Crippen LogP contribution >= 0.6 is 0 Å². The van der Waals surface area contributed by atoms with Crippen LogP contribution in [-0.4, -0.2) is 73.3 Å². The van der Waals surface area contributed by atoms with Crippen molar-refractivity contribution in [3.05, 3.63) is 53.6 Å². The minimum absolute atomic E-state index is 0.00862. The molecule has 3 heterocycles. The van der Waals surface area contributed by atoms with Gasteiger partial charge in [0.2, 0.25) is 16.0 Å². The predicted octanol–water partition coefficient (Wildman–Crippen LogP) is 2.58. The highest BCUT2D eigenvalue weighted by Crippen LogP contribution is 2.48. The standard InChI is InChI=1S/C26H33FN6O6S/c1-24(2,3)39-23(35)31-22-32-25(4,26(11-12-28-15-26)40(36,37)33(22)5)18-13-16(7-9-19(18)27)30-21(34)20-10-8-17(38-6)14-29-20/h7-10,13-14,28H,11-12,15H2,1-6H3,(H,30,34)(H,31,32,35)/t25-,26+/m1/s1. The van der Waals surface area contributed by atoms with E-state index in [1.807, 2.05) is 0 Å². The van der Waals surface area contributed by atoms with E-state index in [0.29, 0.717) is 12.3 Å². The third-order valence-electron chi connectivity index (χ3n) is 7.10. The number of benzene rings is 1. The van der Waals surface area contributed by atoms with Gasteiger partial charge in [-0.1, -0.05) is 0 Å². The number of rotatable bonds is 4. The van der Waals surface area contributed by atoms with Crippen molar-refractivity contribution in [2.75, 3.05) is 32.6 Å². The van der Waals surface area contributed by atoms with Crippen molar-refractivity contribution in [3.63, 3.8) is 0 Å². The quantitative estimate of drug-likeness (QED) is 0.499. The molecule has 2 atom stereocenters. The van der Waals surface area contributed by atoms with E-state index < -0.39 is 43.7 Å². The summed E-state index contributed by atoms with van der Waals surface area (Å²) in [6.07, 6.45) is 0.532. The van der Waals surface area contributed by atoms with Gasteiger partial charge in [-0.05, 0) is 71.0 Å². The van der Waals surface area contributed by atoms with Gasteiger partial charge in [0.05, 0.1) is 18.8 Å². The number of hydrogen-bond acceptors (Lipinski definition) is 8. The van der Waals surface area contributed by atoms with Gasteiger partial charge in [0.1, 0.15) is 27.6 Å². The zero-order chi connectivity index (χ0) is 29.5. The Kier molecular flexibility index (Phi) is 7.54. The van der Waals surface area contributed by atoms with Crippen LogP contribution in [0, 0.1) is 5.82 Å². The van der Waals surface area contributed by atoms with Crippen molar-refractivity contribution < 1.29 is 31.9 Å². The lowest BCUT2D eigenvalue weighted by molar-refractivity contribution is 0.0601. The average molecular weight is 577 g/mol. The lowest BCUT2D eigenvalue weighted by Gasteiger charge is -2.52. The summed E-state index contributed by atoms with van der Waals surface area (Å²) in [6, 6.07) is 6.93. The van der Waals surface area contributed by atoms with E-state index in [9.17, 15) is 18.0 Å². The third kappa shape index (κ3) is 5.08. The number of ether oxygens (including phenoxy) is 2. The molecule has 2 aromatic rings. The average Bonchev–Trinajstić information content (AvgIpc) is 3.39. The van der Waals surface area contributed by atoms with Crippen LogP contribution in [0.15, 0.2) is 41.5 Å². The number of methoxy groups -OCH3 is 1. The Bertz CT molecular complexity index is 1450. The number of halogens is 1. The van der Waals surface area contributed by atoms with Crippen LogP contribution in [0.3, 0.4) is 0 Å². The fraction of sp³-hybridized carbons (Fsp3) is 0.462. The maximum absolute atomic E-state index is 15.6. The summed E-state index contributed by atoms with van der Waals surface area (Å²) in [4.78, 5) is 33.3. The molecule has 2 amide bonds. The number of nitrogens with zero attached hydrogens (tertiary/aromatic N) is 3. The molecule has 2 fully saturated rings. The Morgan fingerprint density at radius 3 is 2.52 bits per heavy atom. The Morgan fingerprint density at radius 1 is 1.23 bits per heavy atom. The number of anilines is 1. The normalized spacial score (nSPS) is 25.0. The van der Waals surface area contributed by atoms with Gasteiger partial charge in [0.15, 0.2) is 0 Å². The summed E-state index contributed by atoms with van der Waals surface area (Å²) < 4.78 is 53.3. The zero-order valence-corrected chi connectivity index (χ0v) is 24.0. The summed E-state index contributed by atoms with van der Waals surface area (Å²) in [5, 5.41) is 8.80. The molecule has 0 unspecified atom stereocenters. The molecule has 1 aromatic heterocycles. The summed E-state index contributed by atoms with van der Waals surface area (Å²) in [5.74, 6) is -1.11. The van der Waals surface area contributed by atoms with Crippen LogP contribution in [-0.2, 0) is 20.3 Å². The van der Waals surface area contributed by atoms with E-state index in [1.54, 1.807) is 33.8 Å². The van der Waals surface area contributed by atoms with E-state index in [4.69, 9.17) is 9.47 Å². The van der Waals surface area contributed by atoms with E-state index in [1.165, 1.54) is 38.6 Å². The maximum atomic E-state index is 15.6. The molecule has 216 valence electrons. The Hall–Kier alpha value is -3.78. The van der Waals surface area contributed by atoms with Crippen LogP contribution in [0.2, 0.25) is 0 Å². The topological polar surface area (TPSA) is 151 Å². The molecule has 1 aromatic carbocycles. The lowest BCUT2D eigenvalue weighted by Crippen LogP contribution is -2.74. The molecular weight excluding hydrogens is 543 g/mol. The molecule has 12 nitrogen and oxygen atoms in total. The molecule has 0 aliphatic carbocycles. The summed E-state index contributed by atoms with van der Waals surface area (Å²) in [6.45, 7) is 6.88. The SMILES string of the molecule is COc1ccc(C(=O)Nc2ccc(F)c([C@@]3(C)N/C(=N\C(=O)OC(C)(C)C)N(C)S(=O)(=O)[C@]34CCNC4)c2)nc1. The largest absolute Gasteiger partial charge is 0.495 e.